The summed E-state index contributed by atoms with van der Waals surface area (Å²) in [5, 5.41) is 0. The third-order valence-electron chi connectivity index (χ3n) is 3.92. The molecule has 1 fully saturated rings. The molecule has 0 N–H and O–H groups in total. The Balaban J connectivity index is 1.98. The van der Waals surface area contributed by atoms with Gasteiger partial charge in [0.2, 0.25) is 0 Å². The van der Waals surface area contributed by atoms with Crippen molar-refractivity contribution >= 4 is 9.84 Å². The highest BCUT2D eigenvalue weighted by molar-refractivity contribution is 7.90. The molecule has 4 heteroatoms. The van der Waals surface area contributed by atoms with E-state index in [-0.39, 0.29) is 5.75 Å². The molecule has 1 aromatic carbocycles. The molecular weight excluding hydrogens is 258 g/mol. The normalized spacial score (nSPS) is 20.9. The van der Waals surface area contributed by atoms with Crippen LogP contribution in [-0.4, -0.2) is 45.0 Å². The maximum absolute atomic E-state index is 11.2. The third kappa shape index (κ3) is 4.05. The average molecular weight is 281 g/mol. The molecule has 1 saturated heterocycles. The molecule has 3 nitrogen and oxygen atoms in total. The van der Waals surface area contributed by atoms with E-state index in [4.69, 9.17) is 0 Å². The topological polar surface area (TPSA) is 37.4 Å². The lowest BCUT2D eigenvalue weighted by Crippen LogP contribution is -2.26. The van der Waals surface area contributed by atoms with Gasteiger partial charge < -0.3 is 4.90 Å². The van der Waals surface area contributed by atoms with Crippen molar-refractivity contribution in [3.63, 3.8) is 0 Å². The van der Waals surface area contributed by atoms with Gasteiger partial charge in [0.25, 0.3) is 0 Å². The summed E-state index contributed by atoms with van der Waals surface area (Å²) in [6.07, 6.45) is 2.44. The van der Waals surface area contributed by atoms with E-state index in [0.29, 0.717) is 12.5 Å². The van der Waals surface area contributed by atoms with Crippen LogP contribution in [0.5, 0.6) is 0 Å². The molecule has 1 atom stereocenters. The van der Waals surface area contributed by atoms with Crippen LogP contribution >= 0.6 is 0 Å². The van der Waals surface area contributed by atoms with Crippen LogP contribution in [0.25, 0.3) is 0 Å². The van der Waals surface area contributed by atoms with Gasteiger partial charge in [0.15, 0.2) is 0 Å². The Labute approximate surface area is 116 Å². The second kappa shape index (κ2) is 5.63. The van der Waals surface area contributed by atoms with E-state index < -0.39 is 9.84 Å². The molecule has 1 aliphatic heterocycles. The molecule has 0 radical (unpaired) electrons. The summed E-state index contributed by atoms with van der Waals surface area (Å²) < 4.78 is 22.4. The molecule has 0 unspecified atom stereocenters. The fourth-order valence-electron chi connectivity index (χ4n) is 2.87. The number of sulfone groups is 1. The van der Waals surface area contributed by atoms with Gasteiger partial charge in [-0.3, -0.25) is 0 Å². The highest BCUT2D eigenvalue weighted by Gasteiger charge is 2.25. The van der Waals surface area contributed by atoms with Crippen molar-refractivity contribution in [2.24, 2.45) is 0 Å². The summed E-state index contributed by atoms with van der Waals surface area (Å²) in [7, 11) is -2.85. The van der Waals surface area contributed by atoms with E-state index in [1.165, 1.54) is 22.9 Å². The van der Waals surface area contributed by atoms with Gasteiger partial charge in [-0.25, -0.2) is 8.42 Å². The lowest BCUT2D eigenvalue weighted by Gasteiger charge is -2.17. The number of hydrogen-bond acceptors (Lipinski definition) is 3. The predicted molar refractivity (Wildman–Crippen MR) is 79.4 cm³/mol. The van der Waals surface area contributed by atoms with Gasteiger partial charge >= 0.3 is 0 Å². The predicted octanol–water partition coefficient (Wildman–Crippen LogP) is 2.14. The summed E-state index contributed by atoms with van der Waals surface area (Å²) in [6.45, 7) is 6.94. The van der Waals surface area contributed by atoms with Crippen molar-refractivity contribution < 1.29 is 8.42 Å². The molecule has 1 aliphatic rings. The minimum Gasteiger partial charge on any atom is -0.302 e. The number of benzene rings is 1. The summed E-state index contributed by atoms with van der Waals surface area (Å²) in [6, 6.07) is 6.63. The van der Waals surface area contributed by atoms with E-state index in [1.807, 2.05) is 0 Å². The molecular formula is C15H23NO2S. The molecule has 1 aromatic rings. The van der Waals surface area contributed by atoms with Crippen LogP contribution in [0, 0.1) is 13.8 Å². The van der Waals surface area contributed by atoms with Gasteiger partial charge in [-0.1, -0.05) is 23.8 Å². The van der Waals surface area contributed by atoms with Gasteiger partial charge in [0, 0.05) is 19.3 Å². The van der Waals surface area contributed by atoms with Crippen molar-refractivity contribution in [3.8, 4) is 0 Å². The first-order valence-corrected chi connectivity index (χ1v) is 8.88. The maximum Gasteiger partial charge on any atom is 0.148 e. The molecule has 0 spiro atoms. The van der Waals surface area contributed by atoms with E-state index in [1.54, 1.807) is 0 Å². The summed E-state index contributed by atoms with van der Waals surface area (Å²) in [5.41, 5.74) is 4.08. The molecule has 0 amide bonds. The molecule has 106 valence electrons. The number of nitrogens with zero attached hydrogens (tertiary/aromatic N) is 1. The van der Waals surface area contributed by atoms with E-state index >= 15 is 0 Å². The molecule has 0 saturated carbocycles. The monoisotopic (exact) mass is 281 g/mol. The standard InChI is InChI=1S/C15H23NO2S/c1-12-4-5-15(13(2)10-12)14-6-7-16(11-14)8-9-19(3,17)18/h4-5,10,14H,6-9,11H2,1-3H3/t14-/m0/s1. The fraction of sp³-hybridized carbons (Fsp3) is 0.600. The zero-order chi connectivity index (χ0) is 14.0. The summed E-state index contributed by atoms with van der Waals surface area (Å²) >= 11 is 0. The Bertz CT molecular complexity index is 551. The van der Waals surface area contributed by atoms with Crippen molar-refractivity contribution in [1.82, 2.24) is 4.90 Å². The van der Waals surface area contributed by atoms with Crippen LogP contribution in [0.3, 0.4) is 0 Å². The second-order valence-electron chi connectivity index (χ2n) is 5.78. The lowest BCUT2D eigenvalue weighted by atomic mass is 9.93. The SMILES string of the molecule is Cc1ccc([C@H]2CCN(CCS(C)(=O)=O)C2)c(C)c1. The largest absolute Gasteiger partial charge is 0.302 e. The molecule has 19 heavy (non-hydrogen) atoms. The van der Waals surface area contributed by atoms with E-state index in [9.17, 15) is 8.42 Å². The van der Waals surface area contributed by atoms with Crippen LogP contribution in [0.4, 0.5) is 0 Å². The number of hydrogen-bond donors (Lipinski definition) is 0. The van der Waals surface area contributed by atoms with Crippen molar-refractivity contribution in [2.45, 2.75) is 26.2 Å². The van der Waals surface area contributed by atoms with Gasteiger partial charge in [0.1, 0.15) is 9.84 Å². The van der Waals surface area contributed by atoms with Gasteiger partial charge in [-0.05, 0) is 43.9 Å². The molecule has 1 heterocycles. The minimum atomic E-state index is -2.85. The first kappa shape index (κ1) is 14.5. The number of aryl methyl sites for hydroxylation is 2. The van der Waals surface area contributed by atoms with E-state index in [2.05, 4.69) is 36.9 Å². The molecule has 0 aromatic heterocycles. The van der Waals surface area contributed by atoms with Crippen LogP contribution in [-0.2, 0) is 9.84 Å². The van der Waals surface area contributed by atoms with E-state index in [0.717, 1.165) is 19.5 Å². The second-order valence-corrected chi connectivity index (χ2v) is 8.04. The first-order valence-electron chi connectivity index (χ1n) is 6.82. The Morgan fingerprint density at radius 2 is 2.05 bits per heavy atom. The Morgan fingerprint density at radius 1 is 1.32 bits per heavy atom. The Hall–Kier alpha value is -0.870. The summed E-state index contributed by atoms with van der Waals surface area (Å²) in [4.78, 5) is 2.27. The van der Waals surface area contributed by atoms with Crippen molar-refractivity contribution in [3.05, 3.63) is 34.9 Å². The highest BCUT2D eigenvalue weighted by Crippen LogP contribution is 2.29. The van der Waals surface area contributed by atoms with Crippen LogP contribution < -0.4 is 0 Å². The Kier molecular flexibility index (Phi) is 4.31. The quantitative estimate of drug-likeness (QED) is 0.848. The van der Waals surface area contributed by atoms with Crippen molar-refractivity contribution in [1.29, 1.82) is 0 Å². The first-order chi connectivity index (χ1) is 8.85. The third-order valence-corrected chi connectivity index (χ3v) is 4.84. The maximum atomic E-state index is 11.2. The zero-order valence-corrected chi connectivity index (χ0v) is 12.8. The van der Waals surface area contributed by atoms with Crippen LogP contribution in [0.2, 0.25) is 0 Å². The van der Waals surface area contributed by atoms with Crippen molar-refractivity contribution in [2.75, 3.05) is 31.6 Å². The van der Waals surface area contributed by atoms with Gasteiger partial charge in [-0.15, -0.1) is 0 Å². The molecule has 0 bridgehead atoms. The number of rotatable bonds is 4. The highest BCUT2D eigenvalue weighted by atomic mass is 32.2. The van der Waals surface area contributed by atoms with Crippen LogP contribution in [0.15, 0.2) is 18.2 Å². The molecule has 2 rings (SSSR count). The number of likely N-dealkylation sites (tertiary alicyclic amines) is 1. The van der Waals surface area contributed by atoms with Gasteiger partial charge in [0.05, 0.1) is 5.75 Å². The zero-order valence-electron chi connectivity index (χ0n) is 12.0. The average Bonchev–Trinajstić information content (AvgIpc) is 2.74. The Morgan fingerprint density at radius 3 is 2.68 bits per heavy atom. The van der Waals surface area contributed by atoms with Crippen LogP contribution in [0.1, 0.15) is 29.0 Å². The fourth-order valence-corrected chi connectivity index (χ4v) is 3.46. The summed E-state index contributed by atoms with van der Waals surface area (Å²) in [5.74, 6) is 0.826. The molecule has 0 aliphatic carbocycles. The lowest BCUT2D eigenvalue weighted by molar-refractivity contribution is 0.354. The smallest absolute Gasteiger partial charge is 0.148 e. The minimum absolute atomic E-state index is 0.270. The van der Waals surface area contributed by atoms with Gasteiger partial charge in [-0.2, -0.15) is 0 Å².